The molecule has 3 aromatic carbocycles. The minimum atomic E-state index is -4.66. The number of phenols is 1. The molecule has 0 atom stereocenters. The third-order valence-corrected chi connectivity index (χ3v) is 4.75. The van der Waals surface area contributed by atoms with Gasteiger partial charge in [-0.3, -0.25) is 4.79 Å². The maximum absolute atomic E-state index is 13.5. The zero-order valence-corrected chi connectivity index (χ0v) is 17.0. The maximum atomic E-state index is 13.5. The van der Waals surface area contributed by atoms with Gasteiger partial charge in [0.05, 0.1) is 21.8 Å². The number of rotatable bonds is 5. The molecule has 3 rings (SSSR count). The summed E-state index contributed by atoms with van der Waals surface area (Å²) in [6.07, 6.45) is -4.66. The van der Waals surface area contributed by atoms with E-state index < -0.39 is 23.5 Å². The van der Waals surface area contributed by atoms with Crippen LogP contribution in [0.1, 0.15) is 21.5 Å². The number of anilines is 2. The van der Waals surface area contributed by atoms with Crippen molar-refractivity contribution in [1.82, 2.24) is 0 Å². The van der Waals surface area contributed by atoms with E-state index in [9.17, 15) is 27.5 Å². The molecule has 0 saturated heterocycles. The summed E-state index contributed by atoms with van der Waals surface area (Å²) in [4.78, 5) is 12.3. The van der Waals surface area contributed by atoms with Gasteiger partial charge in [0.15, 0.2) is 0 Å². The van der Waals surface area contributed by atoms with Gasteiger partial charge in [-0.2, -0.15) is 13.2 Å². The van der Waals surface area contributed by atoms with Crippen LogP contribution in [0.4, 0.5) is 28.9 Å². The number of carbonyl (C=O) groups excluding carboxylic acids is 1. The highest BCUT2D eigenvalue weighted by Crippen LogP contribution is 2.31. The Morgan fingerprint density at radius 2 is 1.74 bits per heavy atom. The van der Waals surface area contributed by atoms with Gasteiger partial charge in [-0.15, -0.1) is 0 Å². The Morgan fingerprint density at radius 3 is 2.42 bits per heavy atom. The molecule has 0 bridgehead atoms. The number of hydrogen-bond acceptors (Lipinski definition) is 3. The van der Waals surface area contributed by atoms with Crippen LogP contribution in [0.25, 0.3) is 0 Å². The van der Waals surface area contributed by atoms with Crippen LogP contribution in [-0.2, 0) is 12.7 Å². The number of halogens is 6. The second-order valence-corrected chi connectivity index (χ2v) is 7.35. The van der Waals surface area contributed by atoms with Crippen molar-refractivity contribution >= 4 is 40.5 Å². The van der Waals surface area contributed by atoms with E-state index >= 15 is 0 Å². The molecule has 0 aliphatic heterocycles. The number of benzene rings is 3. The molecule has 4 nitrogen and oxygen atoms in total. The fraction of sp³-hybridized carbons (Fsp3) is 0.0952. The highest BCUT2D eigenvalue weighted by Gasteiger charge is 2.31. The van der Waals surface area contributed by atoms with E-state index in [0.29, 0.717) is 11.8 Å². The second-order valence-electron chi connectivity index (χ2n) is 6.51. The van der Waals surface area contributed by atoms with E-state index in [-0.39, 0.29) is 39.2 Å². The molecule has 0 aliphatic carbocycles. The summed E-state index contributed by atoms with van der Waals surface area (Å²) >= 11 is 12.0. The summed E-state index contributed by atoms with van der Waals surface area (Å²) in [5.74, 6) is -1.89. The zero-order chi connectivity index (χ0) is 22.8. The first kappa shape index (κ1) is 22.7. The lowest BCUT2D eigenvalue weighted by Crippen LogP contribution is -2.12. The van der Waals surface area contributed by atoms with E-state index in [1.165, 1.54) is 36.4 Å². The van der Waals surface area contributed by atoms with Crippen LogP contribution < -0.4 is 10.6 Å². The van der Waals surface area contributed by atoms with E-state index in [1.54, 1.807) is 0 Å². The third-order valence-electron chi connectivity index (χ3n) is 4.20. The average Bonchev–Trinajstić information content (AvgIpc) is 2.69. The minimum absolute atomic E-state index is 0.0441. The Hall–Kier alpha value is -2.97. The van der Waals surface area contributed by atoms with Gasteiger partial charge in [0, 0.05) is 17.3 Å². The Kier molecular flexibility index (Phi) is 6.62. The fourth-order valence-corrected chi connectivity index (χ4v) is 3.13. The van der Waals surface area contributed by atoms with Crippen molar-refractivity contribution in [1.29, 1.82) is 0 Å². The lowest BCUT2D eigenvalue weighted by Gasteiger charge is -2.13. The van der Waals surface area contributed by atoms with Crippen LogP contribution in [0, 0.1) is 5.82 Å². The Bertz CT molecular complexity index is 1140. The predicted octanol–water partition coefficient (Wildman–Crippen LogP) is 6.72. The monoisotopic (exact) mass is 472 g/mol. The number of amides is 1. The van der Waals surface area contributed by atoms with Gasteiger partial charge in [-0.1, -0.05) is 23.2 Å². The van der Waals surface area contributed by atoms with Gasteiger partial charge in [0.2, 0.25) is 0 Å². The smallest absolute Gasteiger partial charge is 0.416 e. The largest absolute Gasteiger partial charge is 0.507 e. The number of alkyl halides is 3. The first-order valence-corrected chi connectivity index (χ1v) is 9.48. The van der Waals surface area contributed by atoms with Gasteiger partial charge in [0.1, 0.15) is 11.6 Å². The number of aromatic hydroxyl groups is 1. The first-order chi connectivity index (χ1) is 14.5. The molecule has 0 unspecified atom stereocenters. The predicted molar refractivity (Wildman–Crippen MR) is 111 cm³/mol. The number of phenolic OH excluding ortho intramolecular Hbond substituents is 1. The van der Waals surface area contributed by atoms with Crippen molar-refractivity contribution in [3.05, 3.63) is 87.2 Å². The summed E-state index contributed by atoms with van der Waals surface area (Å²) < 4.78 is 52.0. The Labute approximate surface area is 184 Å². The van der Waals surface area contributed by atoms with Crippen LogP contribution in [-0.4, -0.2) is 11.0 Å². The molecule has 0 aromatic heterocycles. The Balaban J connectivity index is 1.71. The maximum Gasteiger partial charge on any atom is 0.416 e. The highest BCUT2D eigenvalue weighted by atomic mass is 35.5. The van der Waals surface area contributed by atoms with Crippen LogP contribution in [0.15, 0.2) is 54.6 Å². The average molecular weight is 473 g/mol. The van der Waals surface area contributed by atoms with Gasteiger partial charge in [0.25, 0.3) is 5.91 Å². The quantitative estimate of drug-likeness (QED) is 0.361. The van der Waals surface area contributed by atoms with Gasteiger partial charge in [-0.05, 0) is 60.2 Å². The molecule has 10 heteroatoms. The first-order valence-electron chi connectivity index (χ1n) is 8.73. The lowest BCUT2D eigenvalue weighted by molar-refractivity contribution is -0.137. The molecule has 0 radical (unpaired) electrons. The topological polar surface area (TPSA) is 61.4 Å². The SMILES string of the molecule is O=C(Nc1ccc(NCc2cc(F)cc(C(F)(F)F)c2)cc1Cl)c1cc(Cl)ccc1O. The number of carbonyl (C=O) groups is 1. The summed E-state index contributed by atoms with van der Waals surface area (Å²) in [7, 11) is 0. The van der Waals surface area contributed by atoms with Crippen LogP contribution >= 0.6 is 23.2 Å². The van der Waals surface area contributed by atoms with Gasteiger partial charge >= 0.3 is 6.18 Å². The molecule has 1 amide bonds. The molecule has 0 aliphatic rings. The van der Waals surface area contributed by atoms with E-state index in [2.05, 4.69) is 10.6 Å². The van der Waals surface area contributed by atoms with E-state index in [1.807, 2.05) is 0 Å². The van der Waals surface area contributed by atoms with Crippen LogP contribution in [0.3, 0.4) is 0 Å². The molecule has 31 heavy (non-hydrogen) atoms. The molecule has 162 valence electrons. The molecule has 0 fully saturated rings. The van der Waals surface area contributed by atoms with E-state index in [0.717, 1.165) is 12.1 Å². The van der Waals surface area contributed by atoms with Crippen molar-refractivity contribution in [2.75, 3.05) is 10.6 Å². The Morgan fingerprint density at radius 1 is 1.00 bits per heavy atom. The second kappa shape index (κ2) is 9.03. The molecular formula is C21H14Cl2F4N2O2. The zero-order valence-electron chi connectivity index (χ0n) is 15.5. The van der Waals surface area contributed by atoms with E-state index in [4.69, 9.17) is 23.2 Å². The normalized spacial score (nSPS) is 11.3. The van der Waals surface area contributed by atoms with Crippen LogP contribution in [0.2, 0.25) is 10.0 Å². The molecular weight excluding hydrogens is 459 g/mol. The summed E-state index contributed by atoms with van der Waals surface area (Å²) in [6.45, 7) is -0.0841. The molecule has 0 spiro atoms. The van der Waals surface area contributed by atoms with Gasteiger partial charge in [-0.25, -0.2) is 4.39 Å². The standard InChI is InChI=1S/C21H14Cl2F4N2O2/c22-13-1-4-19(30)16(8-13)20(31)29-18-3-2-15(9-17(18)23)28-10-11-5-12(21(25,26)27)7-14(24)6-11/h1-9,28,30H,10H2,(H,29,31). The fourth-order valence-electron chi connectivity index (χ4n) is 2.73. The van der Waals surface area contributed by atoms with Crippen molar-refractivity contribution in [2.45, 2.75) is 12.7 Å². The van der Waals surface area contributed by atoms with Crippen molar-refractivity contribution in [3.8, 4) is 5.75 Å². The summed E-state index contributed by atoms with van der Waals surface area (Å²) in [6, 6.07) is 10.7. The third kappa shape index (κ3) is 5.80. The molecule has 0 heterocycles. The van der Waals surface area contributed by atoms with Crippen molar-refractivity contribution in [2.24, 2.45) is 0 Å². The summed E-state index contributed by atoms with van der Waals surface area (Å²) in [5, 5.41) is 15.6. The summed E-state index contributed by atoms with van der Waals surface area (Å²) in [5.41, 5.74) is -0.354. The van der Waals surface area contributed by atoms with Crippen molar-refractivity contribution in [3.63, 3.8) is 0 Å². The minimum Gasteiger partial charge on any atom is -0.507 e. The number of nitrogens with one attached hydrogen (secondary N) is 2. The van der Waals surface area contributed by atoms with Crippen LogP contribution in [0.5, 0.6) is 5.75 Å². The number of hydrogen-bond donors (Lipinski definition) is 3. The molecule has 3 aromatic rings. The van der Waals surface area contributed by atoms with Gasteiger partial charge < -0.3 is 15.7 Å². The molecule has 0 saturated carbocycles. The molecule has 3 N–H and O–H groups in total. The highest BCUT2D eigenvalue weighted by molar-refractivity contribution is 6.34. The van der Waals surface area contributed by atoms with Crippen molar-refractivity contribution < 1.29 is 27.5 Å². The lowest BCUT2D eigenvalue weighted by atomic mass is 10.1.